The van der Waals surface area contributed by atoms with Crippen molar-refractivity contribution in [1.82, 2.24) is 9.88 Å². The number of nitrogens with one attached hydrogen (secondary N) is 1. The van der Waals surface area contributed by atoms with Crippen LogP contribution >= 0.6 is 11.3 Å². The van der Waals surface area contributed by atoms with Gasteiger partial charge in [-0.2, -0.15) is 0 Å². The van der Waals surface area contributed by atoms with Gasteiger partial charge < -0.3 is 10.2 Å². The summed E-state index contributed by atoms with van der Waals surface area (Å²) >= 11 is 1.37. The second-order valence-corrected chi connectivity index (χ2v) is 6.37. The molecule has 0 saturated heterocycles. The minimum atomic E-state index is -0.183. The fraction of sp³-hybridized carbons (Fsp3) is 0.688. The number of thiazole rings is 1. The number of anilines is 1. The van der Waals surface area contributed by atoms with Crippen molar-refractivity contribution in [3.8, 4) is 0 Å². The summed E-state index contributed by atoms with van der Waals surface area (Å²) in [7, 11) is 0. The van der Waals surface area contributed by atoms with E-state index in [9.17, 15) is 9.59 Å². The fourth-order valence-electron chi connectivity index (χ4n) is 2.16. The van der Waals surface area contributed by atoms with Gasteiger partial charge >= 0.3 is 0 Å². The van der Waals surface area contributed by atoms with Gasteiger partial charge in [-0.25, -0.2) is 4.98 Å². The SMILES string of the molecule is CCCCCCC(=O)N(CC(=O)Nc1nccs1)[C@H](C)CC. The first-order chi connectivity index (χ1) is 10.6. The number of carbonyl (C=O) groups is 2. The third-order valence-electron chi connectivity index (χ3n) is 3.68. The molecular weight excluding hydrogens is 298 g/mol. The molecule has 1 rings (SSSR count). The van der Waals surface area contributed by atoms with Crippen LogP contribution in [0.4, 0.5) is 5.13 Å². The maximum Gasteiger partial charge on any atom is 0.245 e. The molecule has 0 saturated carbocycles. The lowest BCUT2D eigenvalue weighted by Gasteiger charge is -2.28. The molecule has 1 heterocycles. The van der Waals surface area contributed by atoms with Crippen molar-refractivity contribution < 1.29 is 9.59 Å². The van der Waals surface area contributed by atoms with E-state index in [1.807, 2.05) is 13.8 Å². The number of rotatable bonds is 10. The Kier molecular flexibility index (Phi) is 8.74. The Bertz CT molecular complexity index is 448. The van der Waals surface area contributed by atoms with Crippen molar-refractivity contribution in [3.05, 3.63) is 11.6 Å². The first-order valence-corrected chi connectivity index (χ1v) is 8.95. The van der Waals surface area contributed by atoms with Crippen LogP contribution in [0, 0.1) is 0 Å². The highest BCUT2D eigenvalue weighted by Gasteiger charge is 2.21. The molecular formula is C16H27N3O2S. The highest BCUT2D eigenvalue weighted by molar-refractivity contribution is 7.13. The molecule has 1 atom stereocenters. The van der Waals surface area contributed by atoms with Crippen LogP contribution in [0.15, 0.2) is 11.6 Å². The van der Waals surface area contributed by atoms with Gasteiger partial charge in [-0.15, -0.1) is 11.3 Å². The molecule has 0 fully saturated rings. The van der Waals surface area contributed by atoms with Crippen LogP contribution in [0.1, 0.15) is 59.3 Å². The summed E-state index contributed by atoms with van der Waals surface area (Å²) in [5.74, 6) is -0.114. The molecule has 1 aromatic rings. The van der Waals surface area contributed by atoms with Gasteiger partial charge in [0.2, 0.25) is 11.8 Å². The quantitative estimate of drug-likeness (QED) is 0.668. The second kappa shape index (κ2) is 10.3. The van der Waals surface area contributed by atoms with Gasteiger partial charge in [-0.05, 0) is 19.8 Å². The van der Waals surface area contributed by atoms with E-state index >= 15 is 0 Å². The van der Waals surface area contributed by atoms with Crippen molar-refractivity contribution >= 4 is 28.3 Å². The van der Waals surface area contributed by atoms with E-state index < -0.39 is 0 Å². The van der Waals surface area contributed by atoms with Crippen molar-refractivity contribution in [2.45, 2.75) is 65.3 Å². The molecule has 22 heavy (non-hydrogen) atoms. The fourth-order valence-corrected chi connectivity index (χ4v) is 2.70. The lowest BCUT2D eigenvalue weighted by atomic mass is 10.1. The van der Waals surface area contributed by atoms with Crippen LogP contribution < -0.4 is 5.32 Å². The minimum Gasteiger partial charge on any atom is -0.331 e. The van der Waals surface area contributed by atoms with Crippen molar-refractivity contribution in [3.63, 3.8) is 0 Å². The summed E-state index contributed by atoms with van der Waals surface area (Å²) in [6.45, 7) is 6.26. The van der Waals surface area contributed by atoms with Crippen LogP contribution in [0.5, 0.6) is 0 Å². The molecule has 0 radical (unpaired) electrons. The van der Waals surface area contributed by atoms with E-state index in [4.69, 9.17) is 0 Å². The molecule has 5 nitrogen and oxygen atoms in total. The van der Waals surface area contributed by atoms with Gasteiger partial charge in [0.25, 0.3) is 0 Å². The summed E-state index contributed by atoms with van der Waals surface area (Å²) in [5, 5.41) is 5.12. The van der Waals surface area contributed by atoms with Crippen LogP contribution in [-0.4, -0.2) is 34.3 Å². The van der Waals surface area contributed by atoms with Gasteiger partial charge in [0.05, 0.1) is 0 Å². The van der Waals surface area contributed by atoms with Crippen LogP contribution in [0.3, 0.4) is 0 Å². The summed E-state index contributed by atoms with van der Waals surface area (Å²) < 4.78 is 0. The molecule has 1 aromatic heterocycles. The van der Waals surface area contributed by atoms with Gasteiger partial charge in [0, 0.05) is 24.0 Å². The van der Waals surface area contributed by atoms with E-state index in [1.54, 1.807) is 16.5 Å². The van der Waals surface area contributed by atoms with Gasteiger partial charge in [-0.1, -0.05) is 33.1 Å². The average molecular weight is 325 g/mol. The predicted molar refractivity (Wildman–Crippen MR) is 91.0 cm³/mol. The second-order valence-electron chi connectivity index (χ2n) is 5.48. The monoisotopic (exact) mass is 325 g/mol. The van der Waals surface area contributed by atoms with E-state index in [-0.39, 0.29) is 24.4 Å². The summed E-state index contributed by atoms with van der Waals surface area (Å²) in [6, 6.07) is 0.0701. The summed E-state index contributed by atoms with van der Waals surface area (Å²) in [5.41, 5.74) is 0. The smallest absolute Gasteiger partial charge is 0.245 e. The molecule has 6 heteroatoms. The Balaban J connectivity index is 2.52. The van der Waals surface area contributed by atoms with E-state index in [0.717, 1.165) is 32.1 Å². The van der Waals surface area contributed by atoms with Crippen molar-refractivity contribution in [2.24, 2.45) is 0 Å². The summed E-state index contributed by atoms with van der Waals surface area (Å²) in [6.07, 6.45) is 7.28. The third-order valence-corrected chi connectivity index (χ3v) is 4.37. The molecule has 2 amide bonds. The summed E-state index contributed by atoms with van der Waals surface area (Å²) in [4.78, 5) is 30.2. The van der Waals surface area contributed by atoms with Gasteiger partial charge in [0.15, 0.2) is 5.13 Å². The van der Waals surface area contributed by atoms with E-state index in [1.165, 1.54) is 11.3 Å². The zero-order chi connectivity index (χ0) is 16.4. The van der Waals surface area contributed by atoms with Gasteiger partial charge in [0.1, 0.15) is 6.54 Å². The van der Waals surface area contributed by atoms with E-state index in [0.29, 0.717) is 11.6 Å². The molecule has 0 aliphatic heterocycles. The first-order valence-electron chi connectivity index (χ1n) is 8.07. The molecule has 0 aliphatic rings. The molecule has 1 N–H and O–H groups in total. The number of aromatic nitrogens is 1. The zero-order valence-electron chi connectivity index (χ0n) is 13.8. The Morgan fingerprint density at radius 2 is 2.09 bits per heavy atom. The molecule has 0 unspecified atom stereocenters. The minimum absolute atomic E-state index is 0.0692. The number of hydrogen-bond acceptors (Lipinski definition) is 4. The average Bonchev–Trinajstić information content (AvgIpc) is 3.01. The van der Waals surface area contributed by atoms with Crippen LogP contribution in [-0.2, 0) is 9.59 Å². The topological polar surface area (TPSA) is 62.3 Å². The maximum absolute atomic E-state index is 12.4. The lowest BCUT2D eigenvalue weighted by molar-refractivity contribution is -0.136. The first kappa shape index (κ1) is 18.6. The Hall–Kier alpha value is -1.43. The number of unbranched alkanes of at least 4 members (excludes halogenated alkanes) is 3. The van der Waals surface area contributed by atoms with Crippen molar-refractivity contribution in [1.29, 1.82) is 0 Å². The Morgan fingerprint density at radius 1 is 1.32 bits per heavy atom. The third kappa shape index (κ3) is 6.56. The molecule has 0 bridgehead atoms. The van der Waals surface area contributed by atoms with Gasteiger partial charge in [-0.3, -0.25) is 9.59 Å². The normalized spacial score (nSPS) is 12.0. The molecule has 0 aromatic carbocycles. The van der Waals surface area contributed by atoms with E-state index in [2.05, 4.69) is 17.2 Å². The standard InChI is InChI=1S/C16H27N3O2S/c1-4-6-7-8-9-15(21)19(13(3)5-2)12-14(20)18-16-17-10-11-22-16/h10-11,13H,4-9,12H2,1-3H3,(H,17,18,20)/t13-/m1/s1. The zero-order valence-corrected chi connectivity index (χ0v) is 14.6. The lowest BCUT2D eigenvalue weighted by Crippen LogP contribution is -2.43. The number of nitrogens with zero attached hydrogens (tertiary/aromatic N) is 2. The molecule has 0 aliphatic carbocycles. The number of amides is 2. The van der Waals surface area contributed by atoms with Crippen molar-refractivity contribution in [2.75, 3.05) is 11.9 Å². The molecule has 124 valence electrons. The Morgan fingerprint density at radius 3 is 2.68 bits per heavy atom. The molecule has 0 spiro atoms. The predicted octanol–water partition coefficient (Wildman–Crippen LogP) is 3.68. The Labute approximate surface area is 137 Å². The highest BCUT2D eigenvalue weighted by atomic mass is 32.1. The maximum atomic E-state index is 12.4. The van der Waals surface area contributed by atoms with Crippen LogP contribution in [0.25, 0.3) is 0 Å². The highest BCUT2D eigenvalue weighted by Crippen LogP contribution is 2.13. The largest absolute Gasteiger partial charge is 0.331 e. The van der Waals surface area contributed by atoms with Crippen LogP contribution in [0.2, 0.25) is 0 Å². The number of carbonyl (C=O) groups excluding carboxylic acids is 2. The number of hydrogen-bond donors (Lipinski definition) is 1.